The fourth-order valence-corrected chi connectivity index (χ4v) is 9.81. The molecular formula is C63H91N11O18. The minimum absolute atomic E-state index is 0.0483. The molecule has 2 aliphatic heterocycles. The first-order valence-corrected chi connectivity index (χ1v) is 30.6. The number of amides is 11. The number of hydrogen-bond donors (Lipinski definition) is 14. The number of rotatable bonds is 19. The number of nitrogens with one attached hydrogen (secondary N) is 10. The third-order valence-corrected chi connectivity index (χ3v) is 15.1. The Morgan fingerprint density at radius 2 is 1.24 bits per heavy atom. The molecule has 29 heteroatoms. The van der Waals surface area contributed by atoms with Gasteiger partial charge in [0.15, 0.2) is 6.29 Å². The fourth-order valence-electron chi connectivity index (χ4n) is 9.81. The van der Waals surface area contributed by atoms with Gasteiger partial charge in [0, 0.05) is 19.4 Å². The normalized spacial score (nSPS) is 27.0. The van der Waals surface area contributed by atoms with Gasteiger partial charge in [-0.2, -0.15) is 0 Å². The molecule has 2 heterocycles. The SMILES string of the molecule is CC[C@H](C)[C@H]1NC(=O)[C@@H](CC(N)=O)NC(=O)[C@H](NC(=O)/C=C/c2ccccc2/C=C/CO[C@@H]2O[C@H](CO)[C@@H](O)[C@H](O)[C@H]2NC(C)=O)[C@@H](C)OC(=O)[C@H](CC(C)C)NC(=O)[C@@H](C(C)C)NC(=O)CNC(=O)CNC(=O)[C@@H](C(C)C)NC(=O)[C@H](Cc2ccccc2)NC1=O. The topological polar surface area (TPSA) is 440 Å². The van der Waals surface area contributed by atoms with Crippen molar-refractivity contribution in [3.63, 3.8) is 0 Å². The molecule has 506 valence electrons. The monoisotopic (exact) mass is 1290 g/mol. The number of carbonyl (C=O) groups excluding carboxylic acids is 12. The lowest BCUT2D eigenvalue weighted by atomic mass is 9.96. The van der Waals surface area contributed by atoms with Crippen LogP contribution in [0.25, 0.3) is 12.2 Å². The minimum Gasteiger partial charge on any atom is -0.458 e. The Kier molecular flexibility index (Phi) is 30.5. The van der Waals surface area contributed by atoms with Crippen molar-refractivity contribution in [1.29, 1.82) is 0 Å². The Labute approximate surface area is 534 Å². The van der Waals surface area contributed by atoms with Crippen LogP contribution in [0.3, 0.4) is 0 Å². The molecule has 15 N–H and O–H groups in total. The van der Waals surface area contributed by atoms with Crippen LogP contribution in [0.2, 0.25) is 0 Å². The van der Waals surface area contributed by atoms with Gasteiger partial charge >= 0.3 is 5.97 Å². The van der Waals surface area contributed by atoms with E-state index in [0.717, 1.165) is 6.08 Å². The van der Waals surface area contributed by atoms with Gasteiger partial charge in [-0.25, -0.2) is 4.79 Å². The first-order chi connectivity index (χ1) is 43.4. The molecular weight excluding hydrogens is 1200 g/mol. The zero-order chi connectivity index (χ0) is 68.5. The van der Waals surface area contributed by atoms with Crippen molar-refractivity contribution in [2.24, 2.45) is 29.4 Å². The van der Waals surface area contributed by atoms with Crippen molar-refractivity contribution < 1.29 is 87.1 Å². The van der Waals surface area contributed by atoms with Crippen molar-refractivity contribution in [3.05, 3.63) is 83.4 Å². The lowest BCUT2D eigenvalue weighted by Gasteiger charge is -2.42. The number of esters is 1. The molecule has 92 heavy (non-hydrogen) atoms. The van der Waals surface area contributed by atoms with Crippen molar-refractivity contribution in [3.8, 4) is 0 Å². The second-order valence-corrected chi connectivity index (χ2v) is 23.8. The Morgan fingerprint density at radius 3 is 1.84 bits per heavy atom. The largest absolute Gasteiger partial charge is 0.458 e. The van der Waals surface area contributed by atoms with Crippen LogP contribution in [0, 0.1) is 23.7 Å². The van der Waals surface area contributed by atoms with Gasteiger partial charge in [0.1, 0.15) is 72.8 Å². The van der Waals surface area contributed by atoms with Gasteiger partial charge in [-0.05, 0) is 59.8 Å². The Morgan fingerprint density at radius 1 is 0.674 bits per heavy atom. The van der Waals surface area contributed by atoms with E-state index in [1.54, 1.807) is 122 Å². The predicted molar refractivity (Wildman–Crippen MR) is 333 cm³/mol. The quantitative estimate of drug-likeness (QED) is 0.0523. The van der Waals surface area contributed by atoms with Crippen LogP contribution in [0.1, 0.15) is 105 Å². The van der Waals surface area contributed by atoms with Gasteiger partial charge in [0.2, 0.25) is 65.0 Å². The first kappa shape index (κ1) is 75.8. The average molecular weight is 1290 g/mol. The number of carbonyl (C=O) groups is 12. The number of cyclic esters (lactones) is 1. The van der Waals surface area contributed by atoms with Gasteiger partial charge in [-0.1, -0.05) is 129 Å². The van der Waals surface area contributed by atoms with E-state index in [1.165, 1.54) is 19.9 Å². The van der Waals surface area contributed by atoms with Crippen LogP contribution in [-0.2, 0) is 78.2 Å². The van der Waals surface area contributed by atoms with Crippen molar-refractivity contribution in [2.75, 3.05) is 26.3 Å². The summed E-state index contributed by atoms with van der Waals surface area (Å²) < 4.78 is 17.3. The molecule has 2 aromatic carbocycles. The highest BCUT2D eigenvalue weighted by molar-refractivity contribution is 6.00. The number of aliphatic hydroxyl groups excluding tert-OH is 3. The van der Waals surface area contributed by atoms with E-state index in [9.17, 15) is 72.9 Å². The van der Waals surface area contributed by atoms with Crippen LogP contribution >= 0.6 is 0 Å². The molecule has 2 aromatic rings. The molecule has 0 bridgehead atoms. The van der Waals surface area contributed by atoms with E-state index < -0.39 is 194 Å². The molecule has 0 spiro atoms. The molecule has 4 rings (SSSR count). The first-order valence-electron chi connectivity index (χ1n) is 30.6. The Bertz CT molecular complexity index is 2960. The van der Waals surface area contributed by atoms with Crippen LogP contribution in [-0.4, -0.2) is 192 Å². The van der Waals surface area contributed by atoms with Gasteiger partial charge in [0.05, 0.1) is 32.7 Å². The van der Waals surface area contributed by atoms with E-state index >= 15 is 0 Å². The number of ether oxygens (including phenoxy) is 3. The highest BCUT2D eigenvalue weighted by atomic mass is 16.7. The average Bonchev–Trinajstić information content (AvgIpc) is 0.859. The molecule has 0 radical (unpaired) electrons. The molecule has 11 amide bonds. The highest BCUT2D eigenvalue weighted by Crippen LogP contribution is 2.23. The third kappa shape index (κ3) is 23.9. The van der Waals surface area contributed by atoms with Crippen molar-refractivity contribution in [1.82, 2.24) is 53.2 Å². The number of primary amides is 1. The lowest BCUT2D eigenvalue weighted by molar-refractivity contribution is -0.267. The highest BCUT2D eigenvalue weighted by Gasteiger charge is 2.46. The summed E-state index contributed by atoms with van der Waals surface area (Å²) in [4.78, 5) is 165. The summed E-state index contributed by atoms with van der Waals surface area (Å²) in [6, 6.07) is 3.36. The second-order valence-electron chi connectivity index (χ2n) is 23.8. The summed E-state index contributed by atoms with van der Waals surface area (Å²) in [6.07, 6.45) is -2.45. The van der Waals surface area contributed by atoms with E-state index in [0.29, 0.717) is 16.7 Å². The van der Waals surface area contributed by atoms with Crippen molar-refractivity contribution >= 4 is 83.1 Å². The van der Waals surface area contributed by atoms with Gasteiger partial charge < -0.3 is 88.4 Å². The van der Waals surface area contributed by atoms with Crippen molar-refractivity contribution in [2.45, 2.75) is 174 Å². The molecule has 2 aliphatic rings. The molecule has 14 atom stereocenters. The number of nitrogens with two attached hydrogens (primary N) is 1. The molecule has 2 fully saturated rings. The zero-order valence-electron chi connectivity index (χ0n) is 53.5. The van der Waals surface area contributed by atoms with Crippen LogP contribution in [0.4, 0.5) is 0 Å². The van der Waals surface area contributed by atoms with Gasteiger partial charge in [-0.15, -0.1) is 0 Å². The van der Waals surface area contributed by atoms with E-state index in [4.69, 9.17) is 19.9 Å². The van der Waals surface area contributed by atoms with E-state index in [1.807, 2.05) is 0 Å². The minimum atomic E-state index is -1.90. The van der Waals surface area contributed by atoms with E-state index in [-0.39, 0.29) is 31.8 Å². The summed E-state index contributed by atoms with van der Waals surface area (Å²) >= 11 is 0. The lowest BCUT2D eigenvalue weighted by Crippen LogP contribution is -2.64. The van der Waals surface area contributed by atoms with Gasteiger partial charge in [-0.3, -0.25) is 52.7 Å². The Hall–Kier alpha value is -8.64. The Balaban J connectivity index is 1.77. The third-order valence-electron chi connectivity index (χ3n) is 15.1. The summed E-state index contributed by atoms with van der Waals surface area (Å²) in [5.74, 6) is -13.2. The smallest absolute Gasteiger partial charge is 0.328 e. The maximum Gasteiger partial charge on any atom is 0.328 e. The number of benzene rings is 2. The summed E-state index contributed by atoms with van der Waals surface area (Å²) in [7, 11) is 0. The maximum absolute atomic E-state index is 14.8. The van der Waals surface area contributed by atoms with Gasteiger partial charge in [0.25, 0.3) is 0 Å². The number of hydrogen-bond acceptors (Lipinski definition) is 18. The summed E-state index contributed by atoms with van der Waals surface area (Å²) in [5.41, 5.74) is 7.19. The zero-order valence-corrected chi connectivity index (χ0v) is 53.5. The fraction of sp³-hybridized carbons (Fsp3) is 0.556. The molecule has 0 unspecified atom stereocenters. The summed E-state index contributed by atoms with van der Waals surface area (Å²) in [6.45, 7) is 13.6. The standard InChI is InChI=1S/C63H91N11O18/c1-11-35(8)51-60(87)68-41(27-38-18-13-12-14-19-38)56(83)73-49(33(4)5)58(85)66-29-47(79)65-30-48(80)72-50(34(6)7)59(86)70-43(26-32(2)3)62(89)91-36(9)52(61(88)69-42(28-45(64)77)57(84)74-51)71-46(78)24-23-40-21-16-15-20-39(40)22-17-25-90-63-53(67-37(10)76)55(82)54(81)44(31-75)92-63/h12-24,32-36,41-44,49-55,63,75,81-82H,11,25-31H2,1-10H3,(H2,64,77)(H,65,79)(H,66,85)(H,67,76)(H,68,87)(H,69,88)(H,70,86)(H,71,78)(H,72,80)(H,73,83)(H,74,84)/b22-17+,24-23+/t35-,36+,41-,42+,43-,44+,49+,50+,51+,52+,53+,54+,55+,63+/m0/s1. The molecule has 29 nitrogen and oxygen atoms in total. The van der Waals surface area contributed by atoms with E-state index in [2.05, 4.69) is 53.2 Å². The predicted octanol–water partition coefficient (Wildman–Crippen LogP) is -2.23. The molecule has 0 aromatic heterocycles. The van der Waals surface area contributed by atoms with Crippen LogP contribution < -0.4 is 58.9 Å². The second kappa shape index (κ2) is 37.0. The maximum atomic E-state index is 14.8. The molecule has 2 saturated heterocycles. The molecule has 0 aliphatic carbocycles. The molecule has 0 saturated carbocycles. The van der Waals surface area contributed by atoms with Crippen LogP contribution in [0.5, 0.6) is 0 Å². The van der Waals surface area contributed by atoms with Crippen LogP contribution in [0.15, 0.2) is 66.7 Å². The number of aliphatic hydroxyl groups is 3. The summed E-state index contributed by atoms with van der Waals surface area (Å²) in [5, 5.41) is 56.1.